The fourth-order valence-corrected chi connectivity index (χ4v) is 2.30. The molecular formula is C14H17NO. The molecule has 0 radical (unpaired) electrons. The van der Waals surface area contributed by atoms with Gasteiger partial charge in [0.15, 0.2) is 0 Å². The van der Waals surface area contributed by atoms with Crippen LogP contribution in [0.3, 0.4) is 0 Å². The van der Waals surface area contributed by atoms with Gasteiger partial charge in [0.05, 0.1) is 11.5 Å². The predicted molar refractivity (Wildman–Crippen MR) is 63.0 cm³/mol. The van der Waals surface area contributed by atoms with Gasteiger partial charge in [-0.05, 0) is 31.7 Å². The first-order valence-electron chi connectivity index (χ1n) is 5.79. The van der Waals surface area contributed by atoms with Gasteiger partial charge in [-0.3, -0.25) is 0 Å². The number of aryl methyl sites for hydroxylation is 1. The summed E-state index contributed by atoms with van der Waals surface area (Å²) in [6.07, 6.45) is 2.57. The van der Waals surface area contributed by atoms with Crippen LogP contribution in [0.4, 0.5) is 0 Å². The minimum absolute atomic E-state index is 0.202. The largest absolute Gasteiger partial charge is 0.381 e. The van der Waals surface area contributed by atoms with Crippen molar-refractivity contribution in [3.05, 3.63) is 35.4 Å². The highest BCUT2D eigenvalue weighted by Crippen LogP contribution is 2.33. The lowest BCUT2D eigenvalue weighted by Gasteiger charge is -2.30. The average Bonchev–Trinajstić information content (AvgIpc) is 2.30. The highest BCUT2D eigenvalue weighted by atomic mass is 16.5. The zero-order valence-corrected chi connectivity index (χ0v) is 9.70. The molecule has 84 valence electrons. The third-order valence-corrected chi connectivity index (χ3v) is 3.31. The monoisotopic (exact) mass is 215 g/mol. The van der Waals surface area contributed by atoms with Crippen molar-refractivity contribution in [3.63, 3.8) is 0 Å². The van der Waals surface area contributed by atoms with Crippen molar-refractivity contribution < 1.29 is 4.74 Å². The molecule has 0 amide bonds. The van der Waals surface area contributed by atoms with Crippen molar-refractivity contribution in [1.29, 1.82) is 5.26 Å². The highest BCUT2D eigenvalue weighted by molar-refractivity contribution is 5.25. The zero-order chi connectivity index (χ0) is 11.4. The van der Waals surface area contributed by atoms with Crippen molar-refractivity contribution in [2.45, 2.75) is 26.2 Å². The van der Waals surface area contributed by atoms with E-state index in [2.05, 4.69) is 37.3 Å². The second-order valence-electron chi connectivity index (χ2n) is 4.67. The molecular weight excluding hydrogens is 198 g/mol. The van der Waals surface area contributed by atoms with E-state index in [0.29, 0.717) is 0 Å². The third kappa shape index (κ3) is 2.43. The average molecular weight is 215 g/mol. The molecule has 2 nitrogen and oxygen atoms in total. The molecule has 2 heteroatoms. The summed E-state index contributed by atoms with van der Waals surface area (Å²) in [5.41, 5.74) is 2.33. The SMILES string of the molecule is Cc1cccc(CC2(C#N)CCOCC2)c1. The molecule has 0 saturated carbocycles. The van der Waals surface area contributed by atoms with E-state index in [4.69, 9.17) is 4.74 Å². The number of nitriles is 1. The summed E-state index contributed by atoms with van der Waals surface area (Å²) in [6.45, 7) is 3.53. The van der Waals surface area contributed by atoms with Gasteiger partial charge in [0.1, 0.15) is 0 Å². The molecule has 0 N–H and O–H groups in total. The van der Waals surface area contributed by atoms with Gasteiger partial charge in [-0.15, -0.1) is 0 Å². The smallest absolute Gasteiger partial charge is 0.0695 e. The minimum Gasteiger partial charge on any atom is -0.381 e. The Hall–Kier alpha value is -1.33. The standard InChI is InChI=1S/C14H17NO/c1-12-3-2-4-13(9-12)10-14(11-15)5-7-16-8-6-14/h2-4,9H,5-8,10H2,1H3. The van der Waals surface area contributed by atoms with Gasteiger partial charge in [0.2, 0.25) is 0 Å². The molecule has 1 heterocycles. The van der Waals surface area contributed by atoms with Crippen LogP contribution in [-0.4, -0.2) is 13.2 Å². The third-order valence-electron chi connectivity index (χ3n) is 3.31. The summed E-state index contributed by atoms with van der Waals surface area (Å²) < 4.78 is 5.34. The summed E-state index contributed by atoms with van der Waals surface area (Å²) in [5.74, 6) is 0. The Kier molecular flexibility index (Phi) is 3.26. The van der Waals surface area contributed by atoms with Crippen LogP contribution in [0, 0.1) is 23.7 Å². The molecule has 16 heavy (non-hydrogen) atoms. The van der Waals surface area contributed by atoms with Gasteiger partial charge in [0, 0.05) is 13.2 Å². The van der Waals surface area contributed by atoms with E-state index >= 15 is 0 Å². The van der Waals surface area contributed by atoms with E-state index < -0.39 is 0 Å². The van der Waals surface area contributed by atoms with E-state index in [1.807, 2.05) is 0 Å². The Labute approximate surface area is 96.9 Å². The van der Waals surface area contributed by atoms with Gasteiger partial charge >= 0.3 is 0 Å². The van der Waals surface area contributed by atoms with Crippen molar-refractivity contribution in [2.24, 2.45) is 5.41 Å². The Balaban J connectivity index is 2.15. The maximum absolute atomic E-state index is 9.37. The van der Waals surface area contributed by atoms with Gasteiger partial charge in [0.25, 0.3) is 0 Å². The second-order valence-corrected chi connectivity index (χ2v) is 4.67. The molecule has 0 bridgehead atoms. The molecule has 0 aromatic heterocycles. The van der Waals surface area contributed by atoms with Gasteiger partial charge in [-0.25, -0.2) is 0 Å². The molecule has 1 aliphatic heterocycles. The first kappa shape index (κ1) is 11.2. The number of ether oxygens (including phenoxy) is 1. The molecule has 0 aliphatic carbocycles. The summed E-state index contributed by atoms with van der Waals surface area (Å²) in [4.78, 5) is 0. The Morgan fingerprint density at radius 3 is 2.75 bits per heavy atom. The summed E-state index contributed by atoms with van der Waals surface area (Å²) in [6, 6.07) is 10.9. The fourth-order valence-electron chi connectivity index (χ4n) is 2.30. The van der Waals surface area contributed by atoms with Crippen LogP contribution in [0.1, 0.15) is 24.0 Å². The van der Waals surface area contributed by atoms with E-state index in [0.717, 1.165) is 32.5 Å². The Bertz CT molecular complexity index is 399. The molecule has 0 unspecified atom stereocenters. The molecule has 1 aliphatic rings. The normalized spacial score (nSPS) is 19.0. The first-order chi connectivity index (χ1) is 7.74. The number of hydrogen-bond acceptors (Lipinski definition) is 2. The van der Waals surface area contributed by atoms with Crippen LogP contribution in [-0.2, 0) is 11.2 Å². The van der Waals surface area contributed by atoms with Crippen LogP contribution in [0.5, 0.6) is 0 Å². The second kappa shape index (κ2) is 4.67. The summed E-state index contributed by atoms with van der Waals surface area (Å²) >= 11 is 0. The van der Waals surface area contributed by atoms with E-state index in [-0.39, 0.29) is 5.41 Å². The number of benzene rings is 1. The molecule has 1 aromatic rings. The lowest BCUT2D eigenvalue weighted by molar-refractivity contribution is 0.0406. The summed E-state index contributed by atoms with van der Waals surface area (Å²) in [5, 5.41) is 9.37. The molecule has 2 rings (SSSR count). The molecule has 1 fully saturated rings. The number of rotatable bonds is 2. The Morgan fingerprint density at radius 2 is 2.12 bits per heavy atom. The Morgan fingerprint density at radius 1 is 1.38 bits per heavy atom. The molecule has 0 atom stereocenters. The van der Waals surface area contributed by atoms with Crippen LogP contribution in [0.2, 0.25) is 0 Å². The maximum Gasteiger partial charge on any atom is 0.0695 e. The van der Waals surface area contributed by atoms with Crippen molar-refractivity contribution in [3.8, 4) is 6.07 Å². The van der Waals surface area contributed by atoms with E-state index in [1.54, 1.807) is 0 Å². The van der Waals surface area contributed by atoms with Gasteiger partial charge < -0.3 is 4.74 Å². The zero-order valence-electron chi connectivity index (χ0n) is 9.70. The van der Waals surface area contributed by atoms with Crippen molar-refractivity contribution in [2.75, 3.05) is 13.2 Å². The highest BCUT2D eigenvalue weighted by Gasteiger charge is 2.32. The van der Waals surface area contributed by atoms with Crippen LogP contribution in [0.25, 0.3) is 0 Å². The maximum atomic E-state index is 9.37. The lowest BCUT2D eigenvalue weighted by atomic mass is 9.76. The quantitative estimate of drug-likeness (QED) is 0.760. The van der Waals surface area contributed by atoms with Crippen LogP contribution < -0.4 is 0 Å². The van der Waals surface area contributed by atoms with Gasteiger partial charge in [-0.1, -0.05) is 29.8 Å². The summed E-state index contributed by atoms with van der Waals surface area (Å²) in [7, 11) is 0. The topological polar surface area (TPSA) is 33.0 Å². The minimum atomic E-state index is -0.202. The number of nitrogens with zero attached hydrogens (tertiary/aromatic N) is 1. The molecule has 1 aromatic carbocycles. The van der Waals surface area contributed by atoms with Crippen molar-refractivity contribution >= 4 is 0 Å². The van der Waals surface area contributed by atoms with E-state index in [9.17, 15) is 5.26 Å². The predicted octanol–water partition coefficient (Wildman–Crippen LogP) is 2.86. The first-order valence-corrected chi connectivity index (χ1v) is 5.79. The van der Waals surface area contributed by atoms with Crippen LogP contribution >= 0.6 is 0 Å². The number of hydrogen-bond donors (Lipinski definition) is 0. The fraction of sp³-hybridized carbons (Fsp3) is 0.500. The molecule has 1 saturated heterocycles. The van der Waals surface area contributed by atoms with Crippen LogP contribution in [0.15, 0.2) is 24.3 Å². The lowest BCUT2D eigenvalue weighted by Crippen LogP contribution is -2.30. The molecule has 0 spiro atoms. The van der Waals surface area contributed by atoms with Crippen molar-refractivity contribution in [1.82, 2.24) is 0 Å². The van der Waals surface area contributed by atoms with E-state index in [1.165, 1.54) is 11.1 Å². The van der Waals surface area contributed by atoms with Gasteiger partial charge in [-0.2, -0.15) is 5.26 Å².